The van der Waals surface area contributed by atoms with E-state index in [1.807, 2.05) is 60.9 Å². The Morgan fingerprint density at radius 3 is 2.58 bits per heavy atom. The number of aliphatic imine (C=N–C) groups is 1. The van der Waals surface area contributed by atoms with Crippen molar-refractivity contribution in [2.45, 2.75) is 6.54 Å². The quantitative estimate of drug-likeness (QED) is 0.337. The number of anilines is 2. The van der Waals surface area contributed by atoms with Crippen molar-refractivity contribution < 1.29 is 9.72 Å². The van der Waals surface area contributed by atoms with Crippen LogP contribution in [0.1, 0.15) is 16.7 Å². The molecule has 8 heteroatoms. The minimum absolute atomic E-state index is 0.0648. The van der Waals surface area contributed by atoms with E-state index in [1.165, 1.54) is 12.1 Å². The first-order valence-electron chi connectivity index (χ1n) is 10.6. The van der Waals surface area contributed by atoms with Gasteiger partial charge in [0.2, 0.25) is 0 Å². The van der Waals surface area contributed by atoms with Crippen LogP contribution < -0.4 is 10.6 Å². The molecular weight excluding hydrogens is 418 g/mol. The fourth-order valence-corrected chi connectivity index (χ4v) is 4.01. The lowest BCUT2D eigenvalue weighted by Gasteiger charge is -2.16. The van der Waals surface area contributed by atoms with E-state index in [-0.39, 0.29) is 11.6 Å². The molecule has 0 aromatic heterocycles. The summed E-state index contributed by atoms with van der Waals surface area (Å²) in [7, 11) is 0. The Morgan fingerprint density at radius 2 is 1.88 bits per heavy atom. The molecule has 2 aliphatic rings. The minimum Gasteiger partial charge on any atom is -0.357 e. The van der Waals surface area contributed by atoms with Crippen LogP contribution in [-0.2, 0) is 11.3 Å². The Hall–Kier alpha value is -4.46. The molecule has 2 aliphatic heterocycles. The number of carbonyl (C=O) groups excluding carboxylic acids is 1. The fourth-order valence-electron chi connectivity index (χ4n) is 4.01. The van der Waals surface area contributed by atoms with Crippen molar-refractivity contribution in [2.75, 3.05) is 23.7 Å². The van der Waals surface area contributed by atoms with Gasteiger partial charge in [-0.2, -0.15) is 0 Å². The molecule has 33 heavy (non-hydrogen) atoms. The second-order valence-electron chi connectivity index (χ2n) is 7.87. The van der Waals surface area contributed by atoms with Crippen molar-refractivity contribution >= 4 is 40.6 Å². The van der Waals surface area contributed by atoms with Crippen LogP contribution in [0.4, 0.5) is 17.1 Å². The summed E-state index contributed by atoms with van der Waals surface area (Å²) in [6, 6.07) is 21.9. The van der Waals surface area contributed by atoms with Crippen molar-refractivity contribution in [2.24, 2.45) is 4.99 Å². The lowest BCUT2D eigenvalue weighted by atomic mass is 9.99. The Kier molecular flexibility index (Phi) is 5.32. The van der Waals surface area contributed by atoms with E-state index < -0.39 is 4.92 Å². The molecule has 0 radical (unpaired) electrons. The first-order chi connectivity index (χ1) is 16.1. The third-order valence-corrected chi connectivity index (χ3v) is 5.64. The highest BCUT2D eigenvalue weighted by atomic mass is 16.6. The van der Waals surface area contributed by atoms with Gasteiger partial charge in [0.25, 0.3) is 11.6 Å². The summed E-state index contributed by atoms with van der Waals surface area (Å²) in [6.07, 6.45) is 1.87. The van der Waals surface area contributed by atoms with Crippen LogP contribution in [0, 0.1) is 10.1 Å². The van der Waals surface area contributed by atoms with E-state index in [9.17, 15) is 14.9 Å². The SMILES string of the molecule is O=C1Nc2ccc([N+](=O)[O-])cc2/C1=C(/Nc1ccc(CN2C=NCC2)cc1)c1ccccc1. The number of non-ortho nitro benzene ring substituents is 1. The van der Waals surface area contributed by atoms with Crippen molar-refractivity contribution in [3.8, 4) is 0 Å². The van der Waals surface area contributed by atoms with Crippen molar-refractivity contribution in [1.82, 2.24) is 4.90 Å². The summed E-state index contributed by atoms with van der Waals surface area (Å²) in [4.78, 5) is 30.2. The molecule has 0 spiro atoms. The summed E-state index contributed by atoms with van der Waals surface area (Å²) < 4.78 is 0. The smallest absolute Gasteiger partial charge is 0.270 e. The van der Waals surface area contributed by atoms with Crippen LogP contribution in [-0.4, -0.2) is 35.2 Å². The summed E-state index contributed by atoms with van der Waals surface area (Å²) in [6.45, 7) is 2.54. The van der Waals surface area contributed by atoms with Crippen LogP contribution in [0.5, 0.6) is 0 Å². The number of amides is 1. The van der Waals surface area contributed by atoms with Crippen LogP contribution in [0.25, 0.3) is 11.3 Å². The maximum Gasteiger partial charge on any atom is 0.270 e. The molecular formula is C25H21N5O3. The van der Waals surface area contributed by atoms with Crippen molar-refractivity contribution in [3.05, 3.63) is 99.6 Å². The monoisotopic (exact) mass is 439 g/mol. The van der Waals surface area contributed by atoms with Crippen LogP contribution in [0.3, 0.4) is 0 Å². The third kappa shape index (κ3) is 4.18. The molecule has 0 fully saturated rings. The molecule has 0 unspecified atom stereocenters. The number of nitrogens with one attached hydrogen (secondary N) is 2. The van der Waals surface area contributed by atoms with Gasteiger partial charge in [0.15, 0.2) is 0 Å². The maximum atomic E-state index is 13.0. The normalized spacial score (nSPS) is 15.9. The highest BCUT2D eigenvalue weighted by Gasteiger charge is 2.30. The predicted octanol–water partition coefficient (Wildman–Crippen LogP) is 4.37. The van der Waals surface area contributed by atoms with E-state index in [0.717, 1.165) is 36.4 Å². The van der Waals surface area contributed by atoms with E-state index in [0.29, 0.717) is 22.5 Å². The van der Waals surface area contributed by atoms with Gasteiger partial charge in [0.1, 0.15) is 0 Å². The van der Waals surface area contributed by atoms with E-state index in [1.54, 1.807) is 6.07 Å². The van der Waals surface area contributed by atoms with E-state index in [2.05, 4.69) is 20.5 Å². The zero-order chi connectivity index (χ0) is 22.8. The second kappa shape index (κ2) is 8.58. The highest BCUT2D eigenvalue weighted by molar-refractivity contribution is 6.37. The molecule has 2 heterocycles. The van der Waals surface area contributed by atoms with Gasteiger partial charge in [-0.15, -0.1) is 0 Å². The molecule has 0 bridgehead atoms. The molecule has 2 N–H and O–H groups in total. The molecule has 3 aromatic carbocycles. The molecule has 8 nitrogen and oxygen atoms in total. The standard InChI is InChI=1S/C25H21N5O3/c31-25-23(21-14-20(30(32)33)10-11-22(21)28-25)24(18-4-2-1-3-5-18)27-19-8-6-17(7-9-19)15-29-13-12-26-16-29/h1-11,14,16,27H,12-13,15H2,(H,28,31)/b24-23-. The maximum absolute atomic E-state index is 13.0. The Balaban J connectivity index is 1.53. The van der Waals surface area contributed by atoms with Crippen molar-refractivity contribution in [3.63, 3.8) is 0 Å². The number of carbonyl (C=O) groups is 1. The number of hydrogen-bond acceptors (Lipinski definition) is 6. The largest absolute Gasteiger partial charge is 0.357 e. The van der Waals surface area contributed by atoms with E-state index >= 15 is 0 Å². The molecule has 1 amide bonds. The average Bonchev–Trinajstić information content (AvgIpc) is 3.45. The number of nitro benzene ring substituents is 1. The van der Waals surface area contributed by atoms with Gasteiger partial charge in [0, 0.05) is 42.2 Å². The number of hydrogen-bond donors (Lipinski definition) is 2. The zero-order valence-electron chi connectivity index (χ0n) is 17.7. The summed E-state index contributed by atoms with van der Waals surface area (Å²) >= 11 is 0. The molecule has 3 aromatic rings. The summed E-state index contributed by atoms with van der Waals surface area (Å²) in [5, 5.41) is 17.5. The van der Waals surface area contributed by atoms with Gasteiger partial charge < -0.3 is 15.5 Å². The Bertz CT molecular complexity index is 1280. The van der Waals surface area contributed by atoms with Gasteiger partial charge in [-0.1, -0.05) is 42.5 Å². The first kappa shape index (κ1) is 20.4. The number of rotatable bonds is 6. The van der Waals surface area contributed by atoms with Gasteiger partial charge >= 0.3 is 0 Å². The van der Waals surface area contributed by atoms with Crippen LogP contribution in [0.2, 0.25) is 0 Å². The average molecular weight is 439 g/mol. The van der Waals surface area contributed by atoms with Gasteiger partial charge in [-0.05, 0) is 29.3 Å². The summed E-state index contributed by atoms with van der Waals surface area (Å²) in [5.41, 5.74) is 4.73. The molecule has 0 aliphatic carbocycles. The second-order valence-corrected chi connectivity index (χ2v) is 7.87. The first-order valence-corrected chi connectivity index (χ1v) is 10.6. The minimum atomic E-state index is -0.458. The lowest BCUT2D eigenvalue weighted by molar-refractivity contribution is -0.384. The predicted molar refractivity (Wildman–Crippen MR) is 129 cm³/mol. The zero-order valence-corrected chi connectivity index (χ0v) is 17.7. The van der Waals surface area contributed by atoms with Gasteiger partial charge in [-0.25, -0.2) is 0 Å². The number of fused-ring (bicyclic) bond motifs is 1. The molecule has 0 saturated carbocycles. The lowest BCUT2D eigenvalue weighted by Crippen LogP contribution is -2.18. The highest BCUT2D eigenvalue weighted by Crippen LogP contribution is 2.39. The van der Waals surface area contributed by atoms with E-state index in [4.69, 9.17) is 0 Å². The van der Waals surface area contributed by atoms with Gasteiger partial charge in [-0.3, -0.25) is 19.9 Å². The molecule has 0 saturated heterocycles. The molecule has 164 valence electrons. The number of benzene rings is 3. The Labute approximate surface area is 190 Å². The summed E-state index contributed by atoms with van der Waals surface area (Å²) in [5.74, 6) is -0.304. The third-order valence-electron chi connectivity index (χ3n) is 5.64. The van der Waals surface area contributed by atoms with Crippen LogP contribution >= 0.6 is 0 Å². The number of nitrogens with zero attached hydrogens (tertiary/aromatic N) is 3. The van der Waals surface area contributed by atoms with Crippen molar-refractivity contribution in [1.29, 1.82) is 0 Å². The Morgan fingerprint density at radius 1 is 1.09 bits per heavy atom. The van der Waals surface area contributed by atoms with Gasteiger partial charge in [0.05, 0.1) is 29.1 Å². The van der Waals surface area contributed by atoms with Crippen LogP contribution in [0.15, 0.2) is 77.8 Å². The topological polar surface area (TPSA) is 99.9 Å². The number of nitro groups is 1. The molecule has 0 atom stereocenters. The molecule has 5 rings (SSSR count). The fraction of sp³-hybridized carbons (Fsp3) is 0.120.